The number of carbonyl (C=O) groups excluding carboxylic acids is 1. The number of hydrogen-bond acceptors (Lipinski definition) is 10. The smallest absolute Gasteiger partial charge is 0.276 e. The van der Waals surface area contributed by atoms with Gasteiger partial charge in [-0.1, -0.05) is 17.3 Å². The molecule has 2 bridgehead atoms. The average Bonchev–Trinajstić information content (AvgIpc) is 3.65. The second-order valence-electron chi connectivity index (χ2n) is 12.9. The van der Waals surface area contributed by atoms with Crippen LogP contribution in [0.2, 0.25) is 0 Å². The van der Waals surface area contributed by atoms with Crippen molar-refractivity contribution in [1.29, 1.82) is 0 Å². The van der Waals surface area contributed by atoms with Gasteiger partial charge in [0.05, 0.1) is 12.7 Å². The van der Waals surface area contributed by atoms with E-state index in [2.05, 4.69) is 30.7 Å². The largest absolute Gasteiger partial charge is 0.497 e. The van der Waals surface area contributed by atoms with Crippen molar-refractivity contribution in [3.8, 4) is 23.1 Å². The molecule has 2 N–H and O–H groups in total. The van der Waals surface area contributed by atoms with Crippen molar-refractivity contribution in [1.82, 2.24) is 30.7 Å². The lowest BCUT2D eigenvalue weighted by Gasteiger charge is -2.52. The van der Waals surface area contributed by atoms with Crippen LogP contribution in [0.25, 0.3) is 11.6 Å². The fraction of sp³-hybridized carbons (Fsp3) is 0.441. The molecule has 4 aliphatic rings. The SMILES string of the molecule is COc1ccc(COc2c(F)cc(C(=O)NC[C@]34CC[C@](c5noc(-c6ccnc(N7CCNCC7)n6)n5)(CC3)CC4)c(F)c2F)cc1. The summed E-state index contributed by atoms with van der Waals surface area (Å²) in [7, 11) is 1.52. The maximum Gasteiger partial charge on any atom is 0.276 e. The van der Waals surface area contributed by atoms with Gasteiger partial charge in [-0.25, -0.2) is 18.7 Å². The highest BCUT2D eigenvalue weighted by molar-refractivity contribution is 5.94. The number of ether oxygens (including phenoxy) is 2. The summed E-state index contributed by atoms with van der Waals surface area (Å²) in [6, 6.07) is 9.11. The first kappa shape index (κ1) is 31.9. The molecule has 4 aromatic rings. The highest BCUT2D eigenvalue weighted by Gasteiger charge is 2.51. The minimum atomic E-state index is -1.55. The van der Waals surface area contributed by atoms with Crippen LogP contribution < -0.4 is 25.0 Å². The van der Waals surface area contributed by atoms with E-state index in [0.717, 1.165) is 64.7 Å². The Labute approximate surface area is 275 Å². The molecule has 0 unspecified atom stereocenters. The van der Waals surface area contributed by atoms with E-state index in [-0.39, 0.29) is 24.0 Å². The fourth-order valence-corrected chi connectivity index (χ4v) is 7.01. The topological polar surface area (TPSA) is 128 Å². The first-order valence-corrected chi connectivity index (χ1v) is 16.1. The second-order valence-corrected chi connectivity index (χ2v) is 12.9. The molecule has 1 saturated heterocycles. The third-order valence-electron chi connectivity index (χ3n) is 10.1. The first-order valence-electron chi connectivity index (χ1n) is 16.1. The van der Waals surface area contributed by atoms with Crippen LogP contribution in [0.3, 0.4) is 0 Å². The van der Waals surface area contributed by atoms with Crippen LogP contribution in [-0.2, 0) is 12.0 Å². The van der Waals surface area contributed by atoms with E-state index in [1.165, 1.54) is 7.11 Å². The van der Waals surface area contributed by atoms with E-state index in [0.29, 0.717) is 40.7 Å². The molecule has 8 rings (SSSR count). The lowest BCUT2D eigenvalue weighted by molar-refractivity contribution is 0.0334. The molecule has 4 fully saturated rings. The normalized spacial score (nSPS) is 22.0. The van der Waals surface area contributed by atoms with E-state index >= 15 is 4.39 Å². The number of fused-ring (bicyclic) bond motifs is 3. The summed E-state index contributed by atoms with van der Waals surface area (Å²) in [6.07, 6.45) is 6.40. The number of carbonyl (C=O) groups is 1. The summed E-state index contributed by atoms with van der Waals surface area (Å²) in [5.74, 6) is -3.67. The number of nitrogens with zero attached hydrogens (tertiary/aromatic N) is 5. The van der Waals surface area contributed by atoms with Crippen LogP contribution in [0.1, 0.15) is 60.3 Å². The van der Waals surface area contributed by atoms with Gasteiger partial charge in [-0.15, -0.1) is 0 Å². The van der Waals surface area contributed by atoms with Crippen molar-refractivity contribution in [3.05, 3.63) is 77.0 Å². The first-order chi connectivity index (χ1) is 23.3. The fourth-order valence-electron chi connectivity index (χ4n) is 7.01. The van der Waals surface area contributed by atoms with Crippen molar-refractivity contribution in [2.24, 2.45) is 5.41 Å². The Kier molecular flexibility index (Phi) is 8.67. The molecule has 1 aliphatic heterocycles. The van der Waals surface area contributed by atoms with Gasteiger partial charge in [0.1, 0.15) is 18.1 Å². The molecule has 0 radical (unpaired) electrons. The number of rotatable bonds is 10. The Morgan fingerprint density at radius 1 is 1.00 bits per heavy atom. The molecule has 0 atom stereocenters. The average molecular weight is 664 g/mol. The number of nitrogens with one attached hydrogen (secondary N) is 2. The number of anilines is 1. The van der Waals surface area contributed by atoms with Crippen molar-refractivity contribution in [3.63, 3.8) is 0 Å². The Morgan fingerprint density at radius 3 is 2.44 bits per heavy atom. The molecular formula is C34H36F3N7O4. The number of methoxy groups -OCH3 is 1. The lowest BCUT2D eigenvalue weighted by atomic mass is 9.53. The Hall–Kier alpha value is -4.72. The Morgan fingerprint density at radius 2 is 1.73 bits per heavy atom. The van der Waals surface area contributed by atoms with Gasteiger partial charge in [-0.2, -0.15) is 9.37 Å². The molecule has 3 saturated carbocycles. The third-order valence-corrected chi connectivity index (χ3v) is 10.1. The van der Waals surface area contributed by atoms with Gasteiger partial charge >= 0.3 is 0 Å². The van der Waals surface area contributed by atoms with Crippen LogP contribution >= 0.6 is 0 Å². The molecule has 2 aromatic heterocycles. The van der Waals surface area contributed by atoms with Gasteiger partial charge in [-0.3, -0.25) is 4.79 Å². The van der Waals surface area contributed by atoms with E-state index in [1.807, 2.05) is 0 Å². The van der Waals surface area contributed by atoms with Crippen molar-refractivity contribution in [2.45, 2.75) is 50.5 Å². The summed E-state index contributed by atoms with van der Waals surface area (Å²) < 4.78 is 60.8. The zero-order valence-electron chi connectivity index (χ0n) is 26.5. The van der Waals surface area contributed by atoms with Gasteiger partial charge in [0.15, 0.2) is 23.2 Å². The van der Waals surface area contributed by atoms with Gasteiger partial charge < -0.3 is 29.5 Å². The summed E-state index contributed by atoms with van der Waals surface area (Å²) >= 11 is 0. The number of halogens is 3. The molecule has 252 valence electrons. The molecule has 11 nitrogen and oxygen atoms in total. The Bertz CT molecular complexity index is 1770. The van der Waals surface area contributed by atoms with Gasteiger partial charge in [0, 0.05) is 44.3 Å². The summed E-state index contributed by atoms with van der Waals surface area (Å²) in [4.78, 5) is 29.0. The molecule has 14 heteroatoms. The number of piperazine rings is 1. The highest BCUT2D eigenvalue weighted by Crippen LogP contribution is 2.57. The lowest BCUT2D eigenvalue weighted by Crippen LogP contribution is -2.49. The molecule has 3 aliphatic carbocycles. The van der Waals surface area contributed by atoms with Crippen LogP contribution in [0.4, 0.5) is 19.1 Å². The quantitative estimate of drug-likeness (QED) is 0.225. The maximum atomic E-state index is 15.0. The van der Waals surface area contributed by atoms with Crippen molar-refractivity contribution in [2.75, 3.05) is 44.7 Å². The van der Waals surface area contributed by atoms with E-state index in [4.69, 9.17) is 19.0 Å². The molecule has 3 heterocycles. The number of amides is 1. The van der Waals surface area contributed by atoms with Crippen LogP contribution in [0, 0.1) is 22.9 Å². The summed E-state index contributed by atoms with van der Waals surface area (Å²) in [5.41, 5.74) is 0.00862. The zero-order valence-corrected chi connectivity index (χ0v) is 26.5. The van der Waals surface area contributed by atoms with Crippen LogP contribution in [0.5, 0.6) is 11.5 Å². The monoisotopic (exact) mass is 663 g/mol. The predicted octanol–water partition coefficient (Wildman–Crippen LogP) is 4.96. The summed E-state index contributed by atoms with van der Waals surface area (Å²) in [6.45, 7) is 3.44. The summed E-state index contributed by atoms with van der Waals surface area (Å²) in [5, 5.41) is 10.4. The molecular weight excluding hydrogens is 627 g/mol. The third kappa shape index (κ3) is 6.16. The maximum absolute atomic E-state index is 15.0. The molecule has 48 heavy (non-hydrogen) atoms. The molecule has 1 amide bonds. The molecule has 2 aromatic carbocycles. The van der Waals surface area contributed by atoms with Gasteiger partial charge in [-0.05, 0) is 73.8 Å². The van der Waals surface area contributed by atoms with Gasteiger partial charge in [0.25, 0.3) is 11.8 Å². The van der Waals surface area contributed by atoms with E-state index in [9.17, 15) is 13.6 Å². The van der Waals surface area contributed by atoms with E-state index in [1.54, 1.807) is 36.5 Å². The van der Waals surface area contributed by atoms with Crippen molar-refractivity contribution < 1.29 is 32.0 Å². The predicted molar refractivity (Wildman–Crippen MR) is 168 cm³/mol. The highest BCUT2D eigenvalue weighted by atomic mass is 19.2. The minimum absolute atomic E-state index is 0.198. The van der Waals surface area contributed by atoms with Crippen molar-refractivity contribution >= 4 is 11.9 Å². The standard InChI is InChI=1S/C34H36F3N7O4/c1-46-22-4-2-21(3-5-22)19-47-28-24(35)18-23(26(36)27(28)37)29(45)40-20-33-7-10-34(11-8-33,12-9-33)31-42-30(48-43-31)25-6-13-39-32(41-25)44-16-14-38-15-17-44/h2-6,13,18,38H,7-12,14-17,19-20H2,1H3,(H,40,45)/t33-,34+. The molecule has 0 spiro atoms. The van der Waals surface area contributed by atoms with E-state index < -0.39 is 34.7 Å². The number of aromatic nitrogens is 4. The zero-order chi connectivity index (χ0) is 33.3. The number of hydrogen-bond donors (Lipinski definition) is 2. The minimum Gasteiger partial charge on any atom is -0.497 e. The van der Waals surface area contributed by atoms with Crippen LogP contribution in [-0.4, -0.2) is 65.8 Å². The second kappa shape index (κ2) is 13.1. The van der Waals surface area contributed by atoms with Crippen LogP contribution in [0.15, 0.2) is 47.1 Å². The Balaban J connectivity index is 0.966. The number of benzene rings is 2. The van der Waals surface area contributed by atoms with Gasteiger partial charge in [0.2, 0.25) is 11.8 Å².